The highest BCUT2D eigenvalue weighted by Gasteiger charge is 2.28. The van der Waals surface area contributed by atoms with E-state index in [2.05, 4.69) is 181 Å². The summed E-state index contributed by atoms with van der Waals surface area (Å²) in [6.45, 7) is 0.710. The van der Waals surface area contributed by atoms with Crippen LogP contribution in [0.4, 0.5) is 0 Å². The van der Waals surface area contributed by atoms with Crippen LogP contribution in [0, 0.1) is 0 Å². The number of aromatic nitrogens is 2. The van der Waals surface area contributed by atoms with E-state index in [1.807, 2.05) is 0 Å². The summed E-state index contributed by atoms with van der Waals surface area (Å²) in [6.07, 6.45) is 6.93. The van der Waals surface area contributed by atoms with Crippen molar-refractivity contribution >= 4 is 36.0 Å². The molecule has 226 valence electrons. The van der Waals surface area contributed by atoms with Crippen molar-refractivity contribution in [3.05, 3.63) is 180 Å². The van der Waals surface area contributed by atoms with E-state index in [0.717, 1.165) is 41.2 Å². The zero-order chi connectivity index (χ0) is 31.4. The van der Waals surface area contributed by atoms with Gasteiger partial charge in [-0.05, 0) is 52.7 Å². The largest absolute Gasteiger partial charge is 0.319 e. The molecule has 0 saturated carbocycles. The normalized spacial score (nSPS) is 12.3. The van der Waals surface area contributed by atoms with Gasteiger partial charge in [-0.25, -0.2) is 4.98 Å². The molecule has 0 unspecified atom stereocenters. The van der Waals surface area contributed by atoms with Gasteiger partial charge in [-0.2, -0.15) is 0 Å². The zero-order valence-electron chi connectivity index (χ0n) is 26.2. The van der Waals surface area contributed by atoms with Crippen LogP contribution in [0.3, 0.4) is 0 Å². The van der Waals surface area contributed by atoms with E-state index < -0.39 is 7.92 Å². The third-order valence-corrected chi connectivity index (χ3v) is 11.4. The van der Waals surface area contributed by atoms with Gasteiger partial charge in [-0.3, -0.25) is 0 Å². The molecule has 0 N–H and O–H groups in total. The van der Waals surface area contributed by atoms with Crippen LogP contribution in [0.25, 0.3) is 46.1 Å². The second-order valence-corrected chi connectivity index (χ2v) is 14.1. The van der Waals surface area contributed by atoms with Gasteiger partial charge in [0.25, 0.3) is 0 Å². The first kappa shape index (κ1) is 29.1. The maximum atomic E-state index is 5.70. The molecule has 0 amide bonds. The predicted octanol–water partition coefficient (Wildman–Crippen LogP) is 8.05. The Kier molecular flexibility index (Phi) is 8.18. The molecule has 0 fully saturated rings. The first-order valence-electron chi connectivity index (χ1n) is 16.3. The van der Waals surface area contributed by atoms with Crippen molar-refractivity contribution in [1.82, 2.24) is 9.55 Å². The van der Waals surface area contributed by atoms with Gasteiger partial charge in [0.1, 0.15) is 5.82 Å². The number of nitrogens with zero attached hydrogens (tertiary/aromatic N) is 2. The summed E-state index contributed by atoms with van der Waals surface area (Å²) in [5.74, 6) is 1.02. The average Bonchev–Trinajstić information content (AvgIpc) is 3.52. The van der Waals surface area contributed by atoms with Crippen LogP contribution in [0.15, 0.2) is 164 Å². The van der Waals surface area contributed by atoms with Gasteiger partial charge in [0.2, 0.25) is 0 Å². The molecule has 1 aliphatic carbocycles. The van der Waals surface area contributed by atoms with Crippen LogP contribution in [0.1, 0.15) is 18.4 Å². The lowest BCUT2D eigenvalue weighted by Gasteiger charge is -2.24. The van der Waals surface area contributed by atoms with E-state index in [1.54, 1.807) is 0 Å². The molecule has 0 radical (unpaired) electrons. The van der Waals surface area contributed by atoms with Crippen molar-refractivity contribution in [2.75, 3.05) is 0 Å². The number of hydrogen-bond acceptors (Lipinski definition) is 1. The SMILES string of the molecule is C1=c2ccc(P(c3ccccc3)c3ccccc3)c(-c3nc(-c4ccccc4)c(-c4ccccc4)n3Cc3ccccc3)c2=CCC1. The smallest absolute Gasteiger partial charge is 0.142 e. The first-order valence-corrected chi connectivity index (χ1v) is 17.7. The van der Waals surface area contributed by atoms with E-state index >= 15 is 0 Å². The molecule has 8 rings (SSSR count). The van der Waals surface area contributed by atoms with Gasteiger partial charge in [-0.1, -0.05) is 176 Å². The van der Waals surface area contributed by atoms with Crippen LogP contribution < -0.4 is 26.4 Å². The minimum atomic E-state index is -0.873. The van der Waals surface area contributed by atoms with Crippen molar-refractivity contribution in [3.8, 4) is 33.9 Å². The number of hydrogen-bond donors (Lipinski definition) is 0. The molecule has 7 aromatic rings. The van der Waals surface area contributed by atoms with Gasteiger partial charge in [0.15, 0.2) is 0 Å². The number of benzene rings is 6. The Balaban J connectivity index is 1.50. The highest BCUT2D eigenvalue weighted by molar-refractivity contribution is 7.80. The lowest BCUT2D eigenvalue weighted by atomic mass is 10.0. The van der Waals surface area contributed by atoms with Crippen molar-refractivity contribution in [2.24, 2.45) is 0 Å². The van der Waals surface area contributed by atoms with Crippen LogP contribution in [0.5, 0.6) is 0 Å². The molecule has 2 nitrogen and oxygen atoms in total. The van der Waals surface area contributed by atoms with E-state index in [9.17, 15) is 0 Å². The second-order valence-electron chi connectivity index (χ2n) is 11.9. The molecule has 0 atom stereocenters. The molecule has 3 heteroatoms. The van der Waals surface area contributed by atoms with E-state index in [-0.39, 0.29) is 0 Å². The Morgan fingerprint density at radius 2 is 1.06 bits per heavy atom. The fraction of sp³-hybridized carbons (Fsp3) is 0.0682. The molecule has 1 aromatic heterocycles. The summed E-state index contributed by atoms with van der Waals surface area (Å²) < 4.78 is 2.48. The topological polar surface area (TPSA) is 17.8 Å². The van der Waals surface area contributed by atoms with Gasteiger partial charge in [0, 0.05) is 23.2 Å². The molecule has 6 aromatic carbocycles. The highest BCUT2D eigenvalue weighted by atomic mass is 31.1. The summed E-state index contributed by atoms with van der Waals surface area (Å²) in [5, 5.41) is 6.60. The lowest BCUT2D eigenvalue weighted by Crippen LogP contribution is -2.36. The summed E-state index contributed by atoms with van der Waals surface area (Å²) >= 11 is 0. The monoisotopic (exact) mass is 622 g/mol. The first-order chi connectivity index (χ1) is 23.3. The van der Waals surface area contributed by atoms with Gasteiger partial charge in [-0.15, -0.1) is 0 Å². The molecule has 0 saturated heterocycles. The second kappa shape index (κ2) is 13.2. The third-order valence-electron chi connectivity index (χ3n) is 8.88. The molecule has 47 heavy (non-hydrogen) atoms. The summed E-state index contributed by atoms with van der Waals surface area (Å²) in [5.41, 5.74) is 6.93. The minimum Gasteiger partial charge on any atom is -0.319 e. The van der Waals surface area contributed by atoms with Crippen LogP contribution >= 0.6 is 7.92 Å². The third kappa shape index (κ3) is 5.78. The Bertz CT molecular complexity index is 2200. The van der Waals surface area contributed by atoms with Gasteiger partial charge < -0.3 is 4.57 Å². The van der Waals surface area contributed by atoms with E-state index in [0.29, 0.717) is 6.54 Å². The summed E-state index contributed by atoms with van der Waals surface area (Å²) in [4.78, 5) is 5.70. The lowest BCUT2D eigenvalue weighted by molar-refractivity contribution is 0.814. The average molecular weight is 623 g/mol. The van der Waals surface area contributed by atoms with E-state index in [1.165, 1.54) is 37.5 Å². The van der Waals surface area contributed by atoms with Crippen molar-refractivity contribution in [1.29, 1.82) is 0 Å². The molecule has 0 aliphatic heterocycles. The Labute approximate surface area is 277 Å². The summed E-state index contributed by atoms with van der Waals surface area (Å²) in [6, 6.07) is 59.1. The fourth-order valence-electron chi connectivity index (χ4n) is 6.74. The van der Waals surface area contributed by atoms with Crippen LogP contribution in [-0.2, 0) is 6.54 Å². The number of rotatable bonds is 8. The highest BCUT2D eigenvalue weighted by Crippen LogP contribution is 2.40. The standard InChI is InChI=1S/C44H35N2P/c1-6-18-33(19-7-1)32-46-43(36-23-10-3-11-24-36)42(35-21-8-2-9-22-35)45-44(46)41-39-29-17-16-20-34(39)30-31-40(41)47(37-25-12-4-13-26-37)38-27-14-5-15-28-38/h1-15,18-31H,16-17,32H2. The maximum absolute atomic E-state index is 5.70. The summed E-state index contributed by atoms with van der Waals surface area (Å²) in [7, 11) is -0.873. The Morgan fingerprint density at radius 3 is 1.68 bits per heavy atom. The predicted molar refractivity (Wildman–Crippen MR) is 200 cm³/mol. The molecular formula is C44H35N2P. The molecule has 1 heterocycles. The quantitative estimate of drug-likeness (QED) is 0.157. The van der Waals surface area contributed by atoms with Crippen LogP contribution in [-0.4, -0.2) is 9.55 Å². The Morgan fingerprint density at radius 1 is 0.532 bits per heavy atom. The maximum Gasteiger partial charge on any atom is 0.142 e. The molecule has 0 spiro atoms. The zero-order valence-corrected chi connectivity index (χ0v) is 27.1. The van der Waals surface area contributed by atoms with Crippen molar-refractivity contribution < 1.29 is 0 Å². The molecular weight excluding hydrogens is 587 g/mol. The minimum absolute atomic E-state index is 0.710. The van der Waals surface area contributed by atoms with Gasteiger partial charge >= 0.3 is 0 Å². The Hall–Kier alpha value is -5.30. The number of fused-ring (bicyclic) bond motifs is 1. The fourth-order valence-corrected chi connectivity index (χ4v) is 9.20. The van der Waals surface area contributed by atoms with Crippen LogP contribution in [0.2, 0.25) is 0 Å². The van der Waals surface area contributed by atoms with Crippen molar-refractivity contribution in [2.45, 2.75) is 19.4 Å². The number of imidazole rings is 1. The molecule has 1 aliphatic rings. The van der Waals surface area contributed by atoms with E-state index in [4.69, 9.17) is 4.98 Å². The molecule has 0 bridgehead atoms. The van der Waals surface area contributed by atoms with Gasteiger partial charge in [0.05, 0.1) is 11.4 Å². The van der Waals surface area contributed by atoms with Crippen molar-refractivity contribution in [3.63, 3.8) is 0 Å².